The van der Waals surface area contributed by atoms with Crippen molar-refractivity contribution in [2.45, 2.75) is 44.2 Å². The van der Waals surface area contributed by atoms with Gasteiger partial charge in [0.15, 0.2) is 6.61 Å². The van der Waals surface area contributed by atoms with Crippen molar-refractivity contribution in [1.82, 2.24) is 10.0 Å². The minimum Gasteiger partial charge on any atom is -0.454 e. The van der Waals surface area contributed by atoms with E-state index in [9.17, 15) is 18.0 Å². The fourth-order valence-corrected chi connectivity index (χ4v) is 3.43. The van der Waals surface area contributed by atoms with Crippen molar-refractivity contribution < 1.29 is 22.7 Å². The van der Waals surface area contributed by atoms with Crippen molar-refractivity contribution in [2.75, 3.05) is 6.61 Å². The summed E-state index contributed by atoms with van der Waals surface area (Å²) in [6.07, 6.45) is 0. The lowest BCUT2D eigenvalue weighted by atomic mass is 10.1. The van der Waals surface area contributed by atoms with Gasteiger partial charge in [-0.05, 0) is 39.8 Å². The lowest BCUT2D eigenvalue weighted by Crippen LogP contribution is -2.43. The molecule has 1 aromatic rings. The lowest BCUT2D eigenvalue weighted by molar-refractivity contribution is -0.149. The van der Waals surface area contributed by atoms with Crippen LogP contribution in [0.5, 0.6) is 0 Å². The number of amidine groups is 1. The van der Waals surface area contributed by atoms with Crippen molar-refractivity contribution >= 4 is 27.7 Å². The number of nitrogens with one attached hydrogen (secondary N) is 2. The number of fused-ring (bicyclic) bond motifs is 1. The molecule has 0 aliphatic carbocycles. The van der Waals surface area contributed by atoms with Crippen LogP contribution in [0.4, 0.5) is 0 Å². The summed E-state index contributed by atoms with van der Waals surface area (Å²) in [5, 5.41) is 2.67. The second kappa shape index (κ2) is 6.83. The van der Waals surface area contributed by atoms with Crippen LogP contribution in [-0.2, 0) is 24.3 Å². The molecule has 0 saturated carbocycles. The zero-order valence-corrected chi connectivity index (χ0v) is 15.3. The number of benzene rings is 1. The molecule has 0 fully saturated rings. The predicted octanol–water partition coefficient (Wildman–Crippen LogP) is 0.571. The molecule has 1 aliphatic rings. The van der Waals surface area contributed by atoms with Crippen molar-refractivity contribution in [3.05, 3.63) is 29.8 Å². The number of sulfonamides is 1. The quantitative estimate of drug-likeness (QED) is 0.755. The molecule has 2 rings (SSSR count). The SMILES string of the molecule is C[C@@H](N=C1NS(=O)(=O)c2ccccc21)C(=O)OCC(=O)NC(C)(C)C. The average molecular weight is 367 g/mol. The summed E-state index contributed by atoms with van der Waals surface area (Å²) < 4.78 is 31.2. The highest BCUT2D eigenvalue weighted by atomic mass is 32.2. The Bertz CT molecular complexity index is 824. The highest BCUT2D eigenvalue weighted by Gasteiger charge is 2.31. The molecule has 9 heteroatoms. The molecule has 0 saturated heterocycles. The minimum atomic E-state index is -3.67. The molecule has 136 valence electrons. The van der Waals surface area contributed by atoms with Gasteiger partial charge in [0.25, 0.3) is 15.9 Å². The molecule has 2 N–H and O–H groups in total. The van der Waals surface area contributed by atoms with Crippen LogP contribution in [0.25, 0.3) is 0 Å². The number of nitrogens with zero attached hydrogens (tertiary/aromatic N) is 1. The molecule has 1 amide bonds. The Morgan fingerprint density at radius 1 is 1.28 bits per heavy atom. The first-order valence-corrected chi connectivity index (χ1v) is 9.15. The summed E-state index contributed by atoms with van der Waals surface area (Å²) in [6, 6.07) is 5.37. The molecule has 0 bridgehead atoms. The third-order valence-corrected chi connectivity index (χ3v) is 4.58. The second-order valence-corrected chi connectivity index (χ2v) is 8.31. The summed E-state index contributed by atoms with van der Waals surface area (Å²) in [5.74, 6) is -1.06. The van der Waals surface area contributed by atoms with E-state index >= 15 is 0 Å². The first-order valence-electron chi connectivity index (χ1n) is 7.67. The van der Waals surface area contributed by atoms with Crippen LogP contribution in [0.3, 0.4) is 0 Å². The molecule has 1 aliphatic heterocycles. The van der Waals surface area contributed by atoms with Crippen molar-refractivity contribution in [3.63, 3.8) is 0 Å². The van der Waals surface area contributed by atoms with Crippen LogP contribution in [0.1, 0.15) is 33.3 Å². The molecule has 0 spiro atoms. The Hall–Kier alpha value is -2.42. The number of carbonyl (C=O) groups excluding carboxylic acids is 2. The van der Waals surface area contributed by atoms with Gasteiger partial charge in [-0.3, -0.25) is 14.5 Å². The maximum absolute atomic E-state index is 12.0. The smallest absolute Gasteiger partial charge is 0.331 e. The number of amides is 1. The first kappa shape index (κ1) is 18.9. The molecule has 0 aromatic heterocycles. The maximum Gasteiger partial charge on any atom is 0.331 e. The van der Waals surface area contributed by atoms with Gasteiger partial charge in [-0.25, -0.2) is 13.2 Å². The summed E-state index contributed by atoms with van der Waals surface area (Å²) in [6.45, 7) is 6.47. The molecule has 1 atom stereocenters. The van der Waals surface area contributed by atoms with Crippen molar-refractivity contribution in [2.24, 2.45) is 4.99 Å². The Kier molecular flexibility index (Phi) is 5.17. The average Bonchev–Trinajstić information content (AvgIpc) is 2.74. The second-order valence-electron chi connectivity index (χ2n) is 6.66. The Balaban J connectivity index is 2.05. The standard InChI is InChI=1S/C16H21N3O5S/c1-10(15(21)24-9-13(20)18-16(2,3)4)17-14-11-7-5-6-8-12(11)25(22,23)19-14/h5-8,10H,9H2,1-4H3,(H,17,19)(H,18,20)/t10-/m1/s1. The minimum absolute atomic E-state index is 0.0826. The van der Waals surface area contributed by atoms with Crippen LogP contribution in [0.2, 0.25) is 0 Å². The van der Waals surface area contributed by atoms with Gasteiger partial charge >= 0.3 is 5.97 Å². The van der Waals surface area contributed by atoms with E-state index in [1.807, 2.05) is 20.8 Å². The Labute approximate surface area is 146 Å². The van der Waals surface area contributed by atoms with Crippen LogP contribution < -0.4 is 10.0 Å². The number of hydrogen-bond donors (Lipinski definition) is 2. The fourth-order valence-electron chi connectivity index (χ4n) is 2.19. The Morgan fingerprint density at radius 2 is 1.92 bits per heavy atom. The van der Waals surface area contributed by atoms with Gasteiger partial charge in [0.05, 0.1) is 4.90 Å². The zero-order chi connectivity index (χ0) is 18.8. The largest absolute Gasteiger partial charge is 0.454 e. The van der Waals surface area contributed by atoms with E-state index in [-0.39, 0.29) is 10.7 Å². The number of rotatable bonds is 4. The molecule has 1 heterocycles. The molecular formula is C16H21N3O5S. The van der Waals surface area contributed by atoms with Gasteiger partial charge in [0.2, 0.25) is 0 Å². The topological polar surface area (TPSA) is 114 Å². The molecule has 1 aromatic carbocycles. The zero-order valence-electron chi connectivity index (χ0n) is 14.5. The number of esters is 1. The van der Waals surface area contributed by atoms with Crippen LogP contribution >= 0.6 is 0 Å². The summed E-state index contributed by atoms with van der Waals surface area (Å²) >= 11 is 0. The van der Waals surface area contributed by atoms with Crippen LogP contribution in [-0.4, -0.2) is 44.3 Å². The first-order chi connectivity index (χ1) is 11.5. The van der Waals surface area contributed by atoms with E-state index in [0.717, 1.165) is 0 Å². The third-order valence-electron chi connectivity index (χ3n) is 3.19. The van der Waals surface area contributed by atoms with Gasteiger partial charge in [0, 0.05) is 11.1 Å². The fraction of sp³-hybridized carbons (Fsp3) is 0.438. The van der Waals surface area contributed by atoms with E-state index in [1.165, 1.54) is 13.0 Å². The van der Waals surface area contributed by atoms with Crippen LogP contribution in [0.15, 0.2) is 34.2 Å². The normalized spacial score (nSPS) is 18.2. The van der Waals surface area contributed by atoms with Gasteiger partial charge in [-0.2, -0.15) is 0 Å². The highest BCUT2D eigenvalue weighted by molar-refractivity contribution is 7.90. The van der Waals surface area contributed by atoms with E-state index < -0.39 is 40.1 Å². The molecule has 0 unspecified atom stereocenters. The van der Waals surface area contributed by atoms with E-state index in [1.54, 1.807) is 18.2 Å². The molecule has 0 radical (unpaired) electrons. The summed E-state index contributed by atoms with van der Waals surface area (Å²) in [4.78, 5) is 27.8. The monoisotopic (exact) mass is 367 g/mol. The Morgan fingerprint density at radius 3 is 2.56 bits per heavy atom. The number of carbonyl (C=O) groups is 2. The highest BCUT2D eigenvalue weighted by Crippen LogP contribution is 2.22. The third kappa shape index (κ3) is 4.79. The van der Waals surface area contributed by atoms with Gasteiger partial charge in [-0.15, -0.1) is 0 Å². The maximum atomic E-state index is 12.0. The van der Waals surface area contributed by atoms with E-state index in [2.05, 4.69) is 15.0 Å². The van der Waals surface area contributed by atoms with Crippen molar-refractivity contribution in [1.29, 1.82) is 0 Å². The molecule has 25 heavy (non-hydrogen) atoms. The van der Waals surface area contributed by atoms with Crippen molar-refractivity contribution in [3.8, 4) is 0 Å². The van der Waals surface area contributed by atoms with Crippen LogP contribution in [0, 0.1) is 0 Å². The van der Waals surface area contributed by atoms with Gasteiger partial charge in [-0.1, -0.05) is 12.1 Å². The molecule has 8 nitrogen and oxygen atoms in total. The predicted molar refractivity (Wildman–Crippen MR) is 91.6 cm³/mol. The summed E-state index contributed by atoms with van der Waals surface area (Å²) in [5.41, 5.74) is -0.0334. The summed E-state index contributed by atoms with van der Waals surface area (Å²) in [7, 11) is -3.67. The number of aliphatic imine (C=N–C) groups is 1. The van der Waals surface area contributed by atoms with Gasteiger partial charge < -0.3 is 10.1 Å². The lowest BCUT2D eigenvalue weighted by Gasteiger charge is -2.20. The number of ether oxygens (including phenoxy) is 1. The van der Waals surface area contributed by atoms with Gasteiger partial charge in [0.1, 0.15) is 11.9 Å². The number of hydrogen-bond acceptors (Lipinski definition) is 6. The molecular weight excluding hydrogens is 346 g/mol. The van der Waals surface area contributed by atoms with E-state index in [0.29, 0.717) is 5.56 Å². The van der Waals surface area contributed by atoms with E-state index in [4.69, 9.17) is 4.74 Å².